The molecule has 21 heavy (non-hydrogen) atoms. The molecule has 0 aliphatic rings. The quantitative estimate of drug-likeness (QED) is 0.158. The van der Waals surface area contributed by atoms with Gasteiger partial charge in [-0.2, -0.15) is 5.26 Å². The van der Waals surface area contributed by atoms with Crippen molar-refractivity contribution in [3.63, 3.8) is 0 Å². The lowest BCUT2D eigenvalue weighted by Gasteiger charge is -2.03. The smallest absolute Gasteiger partial charge is 0.134 e. The summed E-state index contributed by atoms with van der Waals surface area (Å²) in [4.78, 5) is 0. The van der Waals surface area contributed by atoms with Gasteiger partial charge in [0.05, 0.1) is 5.08 Å². The van der Waals surface area contributed by atoms with Crippen LogP contribution in [0, 0.1) is 10.7 Å². The first-order valence-corrected chi connectivity index (χ1v) is 11.1. The number of thioether (sulfide) groups is 2. The zero-order valence-corrected chi connectivity index (χ0v) is 15.7. The van der Waals surface area contributed by atoms with E-state index in [4.69, 9.17) is 5.26 Å². The lowest BCUT2D eigenvalue weighted by atomic mass is 10.0. The number of unbranched alkanes of at least 4 members (excludes halogenated alkanes) is 13. The highest BCUT2D eigenvalue weighted by molar-refractivity contribution is 8.18. The van der Waals surface area contributed by atoms with E-state index < -0.39 is 0 Å². The van der Waals surface area contributed by atoms with Crippen molar-refractivity contribution in [2.45, 2.75) is 96.8 Å². The van der Waals surface area contributed by atoms with Gasteiger partial charge in [0.15, 0.2) is 0 Å². The summed E-state index contributed by atoms with van der Waals surface area (Å²) < 4.78 is 0. The van der Waals surface area contributed by atoms with Crippen molar-refractivity contribution in [1.29, 1.82) is 5.26 Å². The number of rotatable bonds is 17. The third kappa shape index (κ3) is 20.2. The highest BCUT2D eigenvalue weighted by Crippen LogP contribution is 2.15. The minimum absolute atomic E-state index is 0.939. The maximum absolute atomic E-state index is 8.39. The van der Waals surface area contributed by atoms with Gasteiger partial charge in [-0.25, -0.2) is 0 Å². The largest absolute Gasteiger partial charge is 0.185 e. The van der Waals surface area contributed by atoms with Crippen LogP contribution in [0.3, 0.4) is 0 Å². The first kappa shape index (κ1) is 21.2. The average Bonchev–Trinajstić information content (AvgIpc) is 2.50. The average molecular weight is 330 g/mol. The number of hydrogen-bond donors (Lipinski definition) is 0. The second-order valence-corrected chi connectivity index (χ2v) is 8.09. The van der Waals surface area contributed by atoms with Gasteiger partial charge in [0, 0.05) is 0 Å². The summed E-state index contributed by atoms with van der Waals surface area (Å²) in [6.07, 6.45) is 19.9. The zero-order chi connectivity index (χ0) is 15.4. The lowest BCUT2D eigenvalue weighted by molar-refractivity contribution is 0.538. The standard InChI is InChI=1S/C18H35NS2/c1-2-3-4-5-6-7-8-9-10-11-12-13-14-15-16-20-18-21-17-19/h2-16,18H2,1H3. The highest BCUT2D eigenvalue weighted by Gasteiger charge is 1.94. The molecule has 0 radical (unpaired) electrons. The lowest BCUT2D eigenvalue weighted by Crippen LogP contribution is -1.84. The van der Waals surface area contributed by atoms with Gasteiger partial charge in [0.2, 0.25) is 0 Å². The number of hydrogen-bond acceptors (Lipinski definition) is 3. The molecule has 0 aliphatic heterocycles. The molecule has 0 spiro atoms. The fourth-order valence-corrected chi connectivity index (χ4v) is 3.95. The van der Waals surface area contributed by atoms with Gasteiger partial charge in [-0.1, -0.05) is 90.4 Å². The van der Waals surface area contributed by atoms with Gasteiger partial charge in [0.1, 0.15) is 5.40 Å². The second-order valence-electron chi connectivity index (χ2n) is 5.86. The first-order chi connectivity index (χ1) is 10.4. The molecule has 0 rings (SSSR count). The van der Waals surface area contributed by atoms with Crippen molar-refractivity contribution in [3.8, 4) is 5.40 Å². The normalized spacial score (nSPS) is 10.7. The van der Waals surface area contributed by atoms with Crippen LogP contribution in [0.1, 0.15) is 96.8 Å². The van der Waals surface area contributed by atoms with Gasteiger partial charge in [0.25, 0.3) is 0 Å². The van der Waals surface area contributed by atoms with Gasteiger partial charge in [-0.3, -0.25) is 0 Å². The molecule has 0 unspecified atom stereocenters. The summed E-state index contributed by atoms with van der Waals surface area (Å²) in [5, 5.41) is 11.4. The van der Waals surface area contributed by atoms with Crippen molar-refractivity contribution in [1.82, 2.24) is 0 Å². The number of nitriles is 1. The maximum atomic E-state index is 8.39. The molecule has 0 bridgehead atoms. The fraction of sp³-hybridized carbons (Fsp3) is 0.944. The third-order valence-corrected chi connectivity index (χ3v) is 5.69. The Kier molecular flexibility index (Phi) is 20.4. The van der Waals surface area contributed by atoms with E-state index in [2.05, 4.69) is 12.3 Å². The van der Waals surface area contributed by atoms with Crippen molar-refractivity contribution < 1.29 is 0 Å². The van der Waals surface area contributed by atoms with Crippen LogP contribution in [0.25, 0.3) is 0 Å². The summed E-state index contributed by atoms with van der Waals surface area (Å²) in [5.41, 5.74) is 0. The van der Waals surface area contributed by atoms with E-state index in [1.165, 1.54) is 107 Å². The Morgan fingerprint density at radius 3 is 1.52 bits per heavy atom. The fourth-order valence-electron chi connectivity index (χ4n) is 2.53. The predicted molar refractivity (Wildman–Crippen MR) is 101 cm³/mol. The van der Waals surface area contributed by atoms with Crippen LogP contribution in [-0.2, 0) is 0 Å². The molecule has 0 aromatic carbocycles. The molecule has 124 valence electrons. The van der Waals surface area contributed by atoms with Gasteiger partial charge in [-0.15, -0.1) is 11.8 Å². The molecule has 0 atom stereocenters. The van der Waals surface area contributed by atoms with Crippen LogP contribution in [-0.4, -0.2) is 10.8 Å². The van der Waals surface area contributed by atoms with Crippen LogP contribution >= 0.6 is 23.5 Å². The molecule has 0 saturated heterocycles. The van der Waals surface area contributed by atoms with E-state index in [0.29, 0.717) is 0 Å². The van der Waals surface area contributed by atoms with E-state index in [9.17, 15) is 0 Å². The monoisotopic (exact) mass is 329 g/mol. The minimum Gasteiger partial charge on any atom is -0.185 e. The number of thiocyanates is 1. The predicted octanol–water partition coefficient (Wildman–Crippen LogP) is 7.37. The molecule has 0 fully saturated rings. The Labute approximate surface area is 142 Å². The van der Waals surface area contributed by atoms with E-state index in [1.807, 2.05) is 11.8 Å². The second kappa shape index (κ2) is 20.2. The summed E-state index contributed by atoms with van der Waals surface area (Å²) in [6.45, 7) is 2.28. The summed E-state index contributed by atoms with van der Waals surface area (Å²) in [6, 6.07) is 0. The topological polar surface area (TPSA) is 23.8 Å². The Morgan fingerprint density at radius 1 is 0.667 bits per heavy atom. The van der Waals surface area contributed by atoms with Crippen molar-refractivity contribution in [2.75, 3.05) is 10.8 Å². The first-order valence-electron chi connectivity index (χ1n) is 9.00. The Bertz CT molecular complexity index is 226. The SMILES string of the molecule is CCCCCCCCCCCCCCCCSCSC#N. The van der Waals surface area contributed by atoms with E-state index in [1.54, 1.807) is 0 Å². The molecule has 0 N–H and O–H groups in total. The summed E-state index contributed by atoms with van der Waals surface area (Å²) >= 11 is 3.27. The third-order valence-electron chi connectivity index (χ3n) is 3.85. The molecule has 3 heteroatoms. The van der Waals surface area contributed by atoms with Crippen molar-refractivity contribution in [2.24, 2.45) is 0 Å². The molecule has 0 heterocycles. The summed E-state index contributed by atoms with van der Waals surface area (Å²) in [7, 11) is 0. The van der Waals surface area contributed by atoms with Crippen molar-refractivity contribution in [3.05, 3.63) is 0 Å². The van der Waals surface area contributed by atoms with Crippen LogP contribution in [0.5, 0.6) is 0 Å². The Balaban J connectivity index is 2.92. The molecular formula is C18H35NS2. The van der Waals surface area contributed by atoms with Crippen LogP contribution < -0.4 is 0 Å². The number of nitrogens with zero attached hydrogens (tertiary/aromatic N) is 1. The highest BCUT2D eigenvalue weighted by atomic mass is 32.2. The van der Waals surface area contributed by atoms with Gasteiger partial charge >= 0.3 is 0 Å². The molecule has 1 nitrogen and oxygen atoms in total. The minimum atomic E-state index is 0.939. The van der Waals surface area contributed by atoms with Crippen LogP contribution in [0.2, 0.25) is 0 Å². The van der Waals surface area contributed by atoms with E-state index in [-0.39, 0.29) is 0 Å². The zero-order valence-electron chi connectivity index (χ0n) is 14.1. The molecule has 0 aromatic heterocycles. The molecular weight excluding hydrogens is 294 g/mol. The molecule has 0 amide bonds. The van der Waals surface area contributed by atoms with Crippen molar-refractivity contribution >= 4 is 23.5 Å². The van der Waals surface area contributed by atoms with E-state index in [0.717, 1.165) is 5.08 Å². The Morgan fingerprint density at radius 2 is 1.10 bits per heavy atom. The summed E-state index contributed by atoms with van der Waals surface area (Å²) in [5.74, 6) is 1.23. The van der Waals surface area contributed by atoms with Crippen LogP contribution in [0.15, 0.2) is 0 Å². The molecule has 0 aromatic rings. The Hall–Kier alpha value is 0.190. The maximum Gasteiger partial charge on any atom is 0.134 e. The van der Waals surface area contributed by atoms with Crippen LogP contribution in [0.4, 0.5) is 0 Å². The molecule has 0 saturated carbocycles. The van der Waals surface area contributed by atoms with Gasteiger partial charge < -0.3 is 0 Å². The van der Waals surface area contributed by atoms with Gasteiger partial charge in [-0.05, 0) is 23.9 Å². The van der Waals surface area contributed by atoms with E-state index >= 15 is 0 Å². The molecule has 0 aliphatic carbocycles.